The molecule has 98 valence electrons. The van der Waals surface area contributed by atoms with E-state index >= 15 is 0 Å². The van der Waals surface area contributed by atoms with Crippen LogP contribution in [0, 0.1) is 0 Å². The maximum Gasteiger partial charge on any atom is 0.136 e. The van der Waals surface area contributed by atoms with Crippen molar-refractivity contribution in [2.24, 2.45) is 0 Å². The van der Waals surface area contributed by atoms with Crippen LogP contribution in [0.15, 0.2) is 36.4 Å². The molecule has 0 saturated carbocycles. The average Bonchev–Trinajstić information content (AvgIpc) is 3.02. The average molecular weight is 255 g/mol. The highest BCUT2D eigenvalue weighted by Crippen LogP contribution is 2.26. The van der Waals surface area contributed by atoms with Crippen molar-refractivity contribution >= 4 is 5.82 Å². The fourth-order valence-electron chi connectivity index (χ4n) is 2.27. The highest BCUT2D eigenvalue weighted by Gasteiger charge is 2.21. The molecule has 3 rings (SSSR count). The lowest BCUT2D eigenvalue weighted by Crippen LogP contribution is -2.07. The van der Waals surface area contributed by atoms with Crippen molar-refractivity contribution in [2.45, 2.75) is 12.3 Å². The first-order valence-corrected chi connectivity index (χ1v) is 6.56. The van der Waals surface area contributed by atoms with Crippen molar-refractivity contribution in [1.82, 2.24) is 9.97 Å². The molecule has 19 heavy (non-hydrogen) atoms. The molecule has 1 aromatic carbocycles. The molecule has 2 heterocycles. The first kappa shape index (κ1) is 12.1. The summed E-state index contributed by atoms with van der Waals surface area (Å²) in [4.78, 5) is 9.26. The van der Waals surface area contributed by atoms with Crippen LogP contribution in [-0.2, 0) is 4.74 Å². The Balaban J connectivity index is 2.02. The number of aromatic nitrogens is 2. The Morgan fingerprint density at radius 3 is 2.74 bits per heavy atom. The Labute approximate surface area is 112 Å². The Kier molecular flexibility index (Phi) is 3.42. The summed E-state index contributed by atoms with van der Waals surface area (Å²) in [5.41, 5.74) is 2.07. The van der Waals surface area contributed by atoms with Crippen LogP contribution in [0.5, 0.6) is 0 Å². The molecule has 1 aliphatic rings. The second kappa shape index (κ2) is 5.36. The van der Waals surface area contributed by atoms with Crippen LogP contribution in [0.1, 0.15) is 18.2 Å². The second-order valence-corrected chi connectivity index (χ2v) is 4.67. The van der Waals surface area contributed by atoms with Gasteiger partial charge in [-0.15, -0.1) is 0 Å². The molecule has 1 aromatic heterocycles. The minimum absolute atomic E-state index is 0.316. The number of hydrogen-bond donors (Lipinski definition) is 1. The molecule has 4 heteroatoms. The molecule has 0 radical (unpaired) electrons. The van der Waals surface area contributed by atoms with Gasteiger partial charge in [-0.05, 0) is 6.42 Å². The van der Waals surface area contributed by atoms with E-state index in [2.05, 4.69) is 22.4 Å². The number of nitrogens with one attached hydrogen (secondary N) is 1. The van der Waals surface area contributed by atoms with Crippen molar-refractivity contribution in [1.29, 1.82) is 0 Å². The Hall–Kier alpha value is -1.94. The number of rotatable bonds is 3. The first-order valence-electron chi connectivity index (χ1n) is 6.56. The molecule has 1 fully saturated rings. The highest BCUT2D eigenvalue weighted by molar-refractivity contribution is 5.62. The summed E-state index contributed by atoms with van der Waals surface area (Å²) in [7, 11) is 1.88. The van der Waals surface area contributed by atoms with Gasteiger partial charge >= 0.3 is 0 Å². The molecule has 1 atom stereocenters. The lowest BCUT2D eigenvalue weighted by molar-refractivity contribution is 0.193. The maximum absolute atomic E-state index is 5.43. The SMILES string of the molecule is CNc1cc(-c2ccccc2)nc(C2CCOC2)n1. The summed E-state index contributed by atoms with van der Waals surface area (Å²) in [6.07, 6.45) is 1.00. The second-order valence-electron chi connectivity index (χ2n) is 4.67. The number of nitrogens with zero attached hydrogens (tertiary/aromatic N) is 2. The zero-order valence-electron chi connectivity index (χ0n) is 11.0. The normalized spacial score (nSPS) is 18.5. The van der Waals surface area contributed by atoms with E-state index in [4.69, 9.17) is 9.72 Å². The molecule has 1 aliphatic heterocycles. The van der Waals surface area contributed by atoms with Crippen LogP contribution in [0.2, 0.25) is 0 Å². The predicted molar refractivity (Wildman–Crippen MR) is 75.2 cm³/mol. The number of ether oxygens (including phenoxy) is 1. The van der Waals surface area contributed by atoms with Crippen molar-refractivity contribution < 1.29 is 4.74 Å². The minimum Gasteiger partial charge on any atom is -0.381 e. The third-order valence-corrected chi connectivity index (χ3v) is 3.36. The van der Waals surface area contributed by atoms with Crippen LogP contribution in [0.4, 0.5) is 5.82 Å². The summed E-state index contributed by atoms with van der Waals surface area (Å²) in [5.74, 6) is 2.05. The Bertz CT molecular complexity index is 551. The third kappa shape index (κ3) is 2.58. The molecule has 1 saturated heterocycles. The zero-order chi connectivity index (χ0) is 13.1. The molecule has 4 nitrogen and oxygen atoms in total. The minimum atomic E-state index is 0.316. The molecular formula is C15H17N3O. The van der Waals surface area contributed by atoms with E-state index in [1.807, 2.05) is 31.3 Å². The van der Waals surface area contributed by atoms with Gasteiger partial charge in [0.05, 0.1) is 12.3 Å². The monoisotopic (exact) mass is 255 g/mol. The van der Waals surface area contributed by atoms with E-state index in [9.17, 15) is 0 Å². The largest absolute Gasteiger partial charge is 0.381 e. The Morgan fingerprint density at radius 2 is 2.05 bits per heavy atom. The van der Waals surface area contributed by atoms with Crippen molar-refractivity contribution in [2.75, 3.05) is 25.6 Å². The molecule has 0 spiro atoms. The van der Waals surface area contributed by atoms with Gasteiger partial charge in [-0.1, -0.05) is 30.3 Å². The molecule has 0 aliphatic carbocycles. The van der Waals surface area contributed by atoms with Gasteiger partial charge in [0.15, 0.2) is 0 Å². The van der Waals surface area contributed by atoms with Crippen LogP contribution < -0.4 is 5.32 Å². The smallest absolute Gasteiger partial charge is 0.136 e. The van der Waals surface area contributed by atoms with Crippen molar-refractivity contribution in [3.05, 3.63) is 42.2 Å². The van der Waals surface area contributed by atoms with E-state index in [1.165, 1.54) is 0 Å². The quantitative estimate of drug-likeness (QED) is 0.916. The van der Waals surface area contributed by atoms with Crippen molar-refractivity contribution in [3.63, 3.8) is 0 Å². The summed E-state index contributed by atoms with van der Waals surface area (Å²) >= 11 is 0. The molecule has 0 bridgehead atoms. The summed E-state index contributed by atoms with van der Waals surface area (Å²) in [5, 5.41) is 3.11. The van der Waals surface area contributed by atoms with E-state index in [-0.39, 0.29) is 0 Å². The van der Waals surface area contributed by atoms with Gasteiger partial charge < -0.3 is 10.1 Å². The van der Waals surface area contributed by atoms with E-state index < -0.39 is 0 Å². The molecular weight excluding hydrogens is 238 g/mol. The van der Waals surface area contributed by atoms with E-state index in [0.717, 1.165) is 42.5 Å². The maximum atomic E-state index is 5.43. The lowest BCUT2D eigenvalue weighted by atomic mass is 10.1. The highest BCUT2D eigenvalue weighted by atomic mass is 16.5. The van der Waals surface area contributed by atoms with Gasteiger partial charge in [0, 0.05) is 31.2 Å². The van der Waals surface area contributed by atoms with Gasteiger partial charge in [-0.3, -0.25) is 0 Å². The molecule has 1 unspecified atom stereocenters. The summed E-state index contributed by atoms with van der Waals surface area (Å²) in [6, 6.07) is 12.2. The van der Waals surface area contributed by atoms with Crippen LogP contribution in [-0.4, -0.2) is 30.2 Å². The molecule has 2 aromatic rings. The summed E-state index contributed by atoms with van der Waals surface area (Å²) in [6.45, 7) is 1.53. The number of anilines is 1. The van der Waals surface area contributed by atoms with Gasteiger partial charge in [0.1, 0.15) is 11.6 Å². The molecule has 1 N–H and O–H groups in total. The molecule has 0 amide bonds. The fourth-order valence-corrected chi connectivity index (χ4v) is 2.27. The van der Waals surface area contributed by atoms with Crippen LogP contribution >= 0.6 is 0 Å². The third-order valence-electron chi connectivity index (χ3n) is 3.36. The predicted octanol–water partition coefficient (Wildman–Crippen LogP) is 2.69. The fraction of sp³-hybridized carbons (Fsp3) is 0.333. The number of benzene rings is 1. The van der Waals surface area contributed by atoms with Gasteiger partial charge in [-0.25, -0.2) is 9.97 Å². The van der Waals surface area contributed by atoms with Crippen LogP contribution in [0.3, 0.4) is 0 Å². The topological polar surface area (TPSA) is 47.0 Å². The lowest BCUT2D eigenvalue weighted by Gasteiger charge is -2.11. The van der Waals surface area contributed by atoms with Crippen molar-refractivity contribution in [3.8, 4) is 11.3 Å². The van der Waals surface area contributed by atoms with Gasteiger partial charge in [0.2, 0.25) is 0 Å². The summed E-state index contributed by atoms with van der Waals surface area (Å²) < 4.78 is 5.43. The van der Waals surface area contributed by atoms with Gasteiger partial charge in [-0.2, -0.15) is 0 Å². The Morgan fingerprint density at radius 1 is 1.21 bits per heavy atom. The number of hydrogen-bond acceptors (Lipinski definition) is 4. The van der Waals surface area contributed by atoms with Gasteiger partial charge in [0.25, 0.3) is 0 Å². The van der Waals surface area contributed by atoms with E-state index in [0.29, 0.717) is 5.92 Å². The zero-order valence-corrected chi connectivity index (χ0v) is 11.0. The van der Waals surface area contributed by atoms with Crippen LogP contribution in [0.25, 0.3) is 11.3 Å². The first-order chi connectivity index (χ1) is 9.36. The standard InChI is InChI=1S/C15H17N3O/c1-16-14-9-13(11-5-3-2-4-6-11)17-15(18-14)12-7-8-19-10-12/h2-6,9,12H,7-8,10H2,1H3,(H,16,17,18). The van der Waals surface area contributed by atoms with E-state index in [1.54, 1.807) is 0 Å².